The predicted molar refractivity (Wildman–Crippen MR) is 126 cm³/mol. The molecular weight excluding hydrogens is 376 g/mol. The lowest BCUT2D eigenvalue weighted by atomic mass is 9.70. The second-order valence-electron chi connectivity index (χ2n) is 8.41. The number of thioether (sulfide) groups is 1. The fraction of sp³-hybridized carbons (Fsp3) is 0.462. The Balaban J connectivity index is 1.95. The second-order valence-corrected chi connectivity index (χ2v) is 9.64. The number of phenols is 1. The molecule has 1 fully saturated rings. The van der Waals surface area contributed by atoms with Crippen LogP contribution in [0.3, 0.4) is 0 Å². The standard InChI is InChI=1S/C26H34O2S/c1-5-26(6-2,23-9-10-24(27)20(4)18-23)22-8-7-21(19(3)17-22)11-12-25(28)13-15-29-16-14-25/h7-12,17-18,27-28H,5-6,13-16H2,1-4H3. The summed E-state index contributed by atoms with van der Waals surface area (Å²) in [5.41, 5.74) is 5.17. The maximum absolute atomic E-state index is 10.8. The summed E-state index contributed by atoms with van der Waals surface area (Å²) < 4.78 is 0. The van der Waals surface area contributed by atoms with E-state index in [1.807, 2.05) is 30.8 Å². The van der Waals surface area contributed by atoms with E-state index in [1.54, 1.807) is 0 Å². The Hall–Kier alpha value is -1.71. The van der Waals surface area contributed by atoms with Gasteiger partial charge >= 0.3 is 0 Å². The molecule has 3 rings (SSSR count). The van der Waals surface area contributed by atoms with Crippen molar-refractivity contribution in [2.45, 2.75) is 64.4 Å². The summed E-state index contributed by atoms with van der Waals surface area (Å²) in [5.74, 6) is 2.41. The van der Waals surface area contributed by atoms with Crippen molar-refractivity contribution in [2.24, 2.45) is 0 Å². The van der Waals surface area contributed by atoms with E-state index >= 15 is 0 Å². The predicted octanol–water partition coefficient (Wildman–Crippen LogP) is 6.39. The Bertz CT molecular complexity index is 874. The Morgan fingerprint density at radius 1 is 0.966 bits per heavy atom. The second kappa shape index (κ2) is 8.97. The molecule has 3 heteroatoms. The van der Waals surface area contributed by atoms with Gasteiger partial charge in [0, 0.05) is 5.41 Å². The van der Waals surface area contributed by atoms with Crippen molar-refractivity contribution in [1.29, 1.82) is 0 Å². The molecule has 1 heterocycles. The van der Waals surface area contributed by atoms with Crippen LogP contribution in [0.4, 0.5) is 0 Å². The average Bonchev–Trinajstić information content (AvgIpc) is 2.72. The highest BCUT2D eigenvalue weighted by Crippen LogP contribution is 2.41. The molecule has 2 N–H and O–H groups in total. The van der Waals surface area contributed by atoms with Crippen molar-refractivity contribution in [3.8, 4) is 5.75 Å². The van der Waals surface area contributed by atoms with Gasteiger partial charge < -0.3 is 10.2 Å². The Labute approximate surface area is 180 Å². The monoisotopic (exact) mass is 410 g/mol. The van der Waals surface area contributed by atoms with E-state index in [2.05, 4.69) is 57.2 Å². The molecule has 0 spiro atoms. The van der Waals surface area contributed by atoms with Crippen LogP contribution in [0.5, 0.6) is 5.75 Å². The zero-order chi connectivity index (χ0) is 21.1. The number of hydrogen-bond acceptors (Lipinski definition) is 3. The van der Waals surface area contributed by atoms with Gasteiger partial charge in [-0.2, -0.15) is 11.8 Å². The van der Waals surface area contributed by atoms with Crippen LogP contribution < -0.4 is 0 Å². The first-order valence-corrected chi connectivity index (χ1v) is 11.9. The molecule has 2 aromatic carbocycles. The van der Waals surface area contributed by atoms with Gasteiger partial charge in [0.2, 0.25) is 0 Å². The molecule has 0 saturated carbocycles. The van der Waals surface area contributed by atoms with Gasteiger partial charge in [-0.25, -0.2) is 0 Å². The third kappa shape index (κ3) is 4.57. The molecule has 0 bridgehead atoms. The number of aliphatic hydroxyl groups is 1. The summed E-state index contributed by atoms with van der Waals surface area (Å²) in [6.45, 7) is 8.60. The van der Waals surface area contributed by atoms with E-state index < -0.39 is 5.60 Å². The molecule has 1 saturated heterocycles. The molecule has 1 aliphatic heterocycles. The smallest absolute Gasteiger partial charge is 0.118 e. The van der Waals surface area contributed by atoms with Crippen molar-refractivity contribution in [2.75, 3.05) is 11.5 Å². The number of rotatable bonds is 6. The van der Waals surface area contributed by atoms with Crippen LogP contribution >= 0.6 is 11.8 Å². The van der Waals surface area contributed by atoms with Crippen LogP contribution in [0.25, 0.3) is 6.08 Å². The number of aromatic hydroxyl groups is 1. The average molecular weight is 411 g/mol. The lowest BCUT2D eigenvalue weighted by Gasteiger charge is -2.34. The number of phenolic OH excluding ortho intramolecular Hbond substituents is 1. The maximum Gasteiger partial charge on any atom is 0.118 e. The molecule has 1 aliphatic rings. The zero-order valence-electron chi connectivity index (χ0n) is 18.2. The van der Waals surface area contributed by atoms with E-state index in [1.165, 1.54) is 22.3 Å². The van der Waals surface area contributed by atoms with Crippen molar-refractivity contribution in [3.05, 3.63) is 70.3 Å². The van der Waals surface area contributed by atoms with Gasteiger partial charge in [0.15, 0.2) is 0 Å². The van der Waals surface area contributed by atoms with Crippen molar-refractivity contribution in [3.63, 3.8) is 0 Å². The molecule has 0 atom stereocenters. The summed E-state index contributed by atoms with van der Waals surface area (Å²) in [5, 5.41) is 20.7. The molecule has 2 nitrogen and oxygen atoms in total. The lowest BCUT2D eigenvalue weighted by Crippen LogP contribution is -2.30. The lowest BCUT2D eigenvalue weighted by molar-refractivity contribution is 0.0833. The fourth-order valence-corrected chi connectivity index (χ4v) is 5.68. The minimum atomic E-state index is -0.656. The topological polar surface area (TPSA) is 40.5 Å². The molecule has 0 radical (unpaired) electrons. The third-order valence-corrected chi connectivity index (χ3v) is 7.70. The Morgan fingerprint density at radius 2 is 1.55 bits per heavy atom. The van der Waals surface area contributed by atoms with E-state index in [4.69, 9.17) is 0 Å². The minimum absolute atomic E-state index is 0.0652. The molecule has 0 unspecified atom stereocenters. The number of benzene rings is 2. The van der Waals surface area contributed by atoms with Gasteiger partial charge in [0.25, 0.3) is 0 Å². The highest BCUT2D eigenvalue weighted by Gasteiger charge is 2.31. The Morgan fingerprint density at radius 3 is 2.10 bits per heavy atom. The maximum atomic E-state index is 10.8. The van der Waals surface area contributed by atoms with Crippen LogP contribution in [0, 0.1) is 13.8 Å². The molecule has 0 amide bonds. The summed E-state index contributed by atoms with van der Waals surface area (Å²) >= 11 is 1.92. The molecule has 0 aliphatic carbocycles. The fourth-order valence-electron chi connectivity index (χ4n) is 4.48. The van der Waals surface area contributed by atoms with Gasteiger partial charge in [0.1, 0.15) is 5.75 Å². The summed E-state index contributed by atoms with van der Waals surface area (Å²) in [4.78, 5) is 0. The van der Waals surface area contributed by atoms with E-state index in [9.17, 15) is 10.2 Å². The highest BCUT2D eigenvalue weighted by atomic mass is 32.2. The summed E-state index contributed by atoms with van der Waals surface area (Å²) in [6, 6.07) is 12.7. The van der Waals surface area contributed by atoms with E-state index in [0.29, 0.717) is 5.75 Å². The van der Waals surface area contributed by atoms with Crippen LogP contribution in [0.2, 0.25) is 0 Å². The van der Waals surface area contributed by atoms with Gasteiger partial charge in [0.05, 0.1) is 5.60 Å². The first kappa shape index (κ1) is 22.0. The first-order valence-electron chi connectivity index (χ1n) is 10.7. The summed E-state index contributed by atoms with van der Waals surface area (Å²) in [7, 11) is 0. The van der Waals surface area contributed by atoms with Gasteiger partial charge in [-0.3, -0.25) is 0 Å². The zero-order valence-corrected chi connectivity index (χ0v) is 19.0. The molecule has 0 aromatic heterocycles. The molecule has 2 aromatic rings. The van der Waals surface area contributed by atoms with E-state index in [0.717, 1.165) is 42.8 Å². The number of hydrogen-bond donors (Lipinski definition) is 2. The highest BCUT2D eigenvalue weighted by molar-refractivity contribution is 7.99. The van der Waals surface area contributed by atoms with E-state index in [-0.39, 0.29) is 5.41 Å². The van der Waals surface area contributed by atoms with Gasteiger partial charge in [-0.05, 0) is 84.9 Å². The van der Waals surface area contributed by atoms with Crippen LogP contribution in [0.1, 0.15) is 67.3 Å². The normalized spacial score (nSPS) is 17.0. The minimum Gasteiger partial charge on any atom is -0.508 e. The van der Waals surface area contributed by atoms with Crippen LogP contribution in [-0.2, 0) is 5.41 Å². The van der Waals surface area contributed by atoms with Gasteiger partial charge in [-0.15, -0.1) is 0 Å². The summed E-state index contributed by atoms with van der Waals surface area (Å²) in [6.07, 6.45) is 7.77. The van der Waals surface area contributed by atoms with Crippen molar-refractivity contribution in [1.82, 2.24) is 0 Å². The van der Waals surface area contributed by atoms with Gasteiger partial charge in [-0.1, -0.05) is 56.3 Å². The molecular formula is C26H34O2S. The van der Waals surface area contributed by atoms with Crippen molar-refractivity contribution < 1.29 is 10.2 Å². The third-order valence-electron chi connectivity index (χ3n) is 6.71. The van der Waals surface area contributed by atoms with Crippen molar-refractivity contribution >= 4 is 17.8 Å². The molecule has 156 valence electrons. The van der Waals surface area contributed by atoms with Crippen LogP contribution in [0.15, 0.2) is 42.5 Å². The number of aryl methyl sites for hydroxylation is 2. The largest absolute Gasteiger partial charge is 0.508 e. The molecule has 29 heavy (non-hydrogen) atoms. The Kier molecular flexibility index (Phi) is 6.80. The first-order chi connectivity index (χ1) is 13.8. The quantitative estimate of drug-likeness (QED) is 0.580. The van der Waals surface area contributed by atoms with Crippen LogP contribution in [-0.4, -0.2) is 27.3 Å². The SMILES string of the molecule is CCC(CC)(c1ccc(O)c(C)c1)c1ccc(C=CC2(O)CCSCC2)c(C)c1.